The van der Waals surface area contributed by atoms with Crippen LogP contribution >= 0.6 is 0 Å². The summed E-state index contributed by atoms with van der Waals surface area (Å²) in [5, 5.41) is 0. The number of piperidine rings is 1. The van der Waals surface area contributed by atoms with Gasteiger partial charge in [0.2, 0.25) is 0 Å². The minimum atomic E-state index is -4.77. The van der Waals surface area contributed by atoms with E-state index in [1.54, 1.807) is 35.1 Å². The first-order valence-electron chi connectivity index (χ1n) is 13.1. The lowest BCUT2D eigenvalue weighted by Crippen LogP contribution is -2.35. The van der Waals surface area contributed by atoms with Gasteiger partial charge in [-0.1, -0.05) is 49.4 Å². The average molecular weight is 527 g/mol. The highest BCUT2D eigenvalue weighted by Gasteiger charge is 2.55. The van der Waals surface area contributed by atoms with Crippen LogP contribution in [0.15, 0.2) is 67.1 Å². The number of aromatic nitrogens is 2. The molecule has 3 unspecified atom stereocenters. The van der Waals surface area contributed by atoms with Gasteiger partial charge in [0.05, 0.1) is 6.33 Å². The van der Waals surface area contributed by atoms with Crippen molar-refractivity contribution in [3.8, 4) is 5.75 Å². The van der Waals surface area contributed by atoms with Gasteiger partial charge < -0.3 is 19.1 Å². The Bertz CT molecular complexity index is 1230. The molecule has 3 aromatic rings. The number of carbonyl (C=O) groups is 1. The molecule has 2 fully saturated rings. The smallest absolute Gasteiger partial charge is 0.406 e. The van der Waals surface area contributed by atoms with Crippen molar-refractivity contribution < 1.29 is 22.7 Å². The topological polar surface area (TPSA) is 50.6 Å². The lowest BCUT2D eigenvalue weighted by atomic mass is 9.98. The summed E-state index contributed by atoms with van der Waals surface area (Å²) < 4.78 is 43.9. The van der Waals surface area contributed by atoms with Gasteiger partial charge >= 0.3 is 6.36 Å². The standard InChI is InChI=1S/C29H33F3N4O2/c1-20(22-8-4-3-5-9-22)11-12-35-15-24-25(16-35)26(24)17-36(28(37)27-18-34(2)19-33-27)14-21-7-6-10-23(13-21)38-29(30,31)32/h3-10,13,18-20,24-26H,11-12,14-17H2,1-2H3. The van der Waals surface area contributed by atoms with E-state index >= 15 is 0 Å². The molecule has 3 atom stereocenters. The summed E-state index contributed by atoms with van der Waals surface area (Å²) in [4.78, 5) is 21.8. The molecule has 1 amide bonds. The summed E-state index contributed by atoms with van der Waals surface area (Å²) in [6, 6.07) is 16.4. The number of carbonyl (C=O) groups excluding carboxylic acids is 1. The van der Waals surface area contributed by atoms with Gasteiger partial charge in [-0.2, -0.15) is 0 Å². The first-order chi connectivity index (χ1) is 18.2. The number of fused-ring (bicyclic) bond motifs is 1. The van der Waals surface area contributed by atoms with Crippen molar-refractivity contribution in [3.63, 3.8) is 0 Å². The third-order valence-electron chi connectivity index (χ3n) is 7.84. The van der Waals surface area contributed by atoms with Crippen molar-refractivity contribution in [2.75, 3.05) is 26.2 Å². The van der Waals surface area contributed by atoms with E-state index in [4.69, 9.17) is 0 Å². The van der Waals surface area contributed by atoms with Gasteiger partial charge in [-0.25, -0.2) is 4.98 Å². The van der Waals surface area contributed by atoms with Gasteiger partial charge in [-0.05, 0) is 59.9 Å². The Hall–Kier alpha value is -3.33. The van der Waals surface area contributed by atoms with E-state index < -0.39 is 6.36 Å². The molecule has 2 heterocycles. The summed E-state index contributed by atoms with van der Waals surface area (Å²) in [7, 11) is 1.80. The minimum Gasteiger partial charge on any atom is -0.406 e. The van der Waals surface area contributed by atoms with Crippen LogP contribution in [0, 0.1) is 17.8 Å². The van der Waals surface area contributed by atoms with E-state index in [9.17, 15) is 18.0 Å². The monoisotopic (exact) mass is 526 g/mol. The number of benzene rings is 2. The second-order valence-electron chi connectivity index (χ2n) is 10.7. The Kier molecular flexibility index (Phi) is 7.47. The molecule has 0 N–H and O–H groups in total. The van der Waals surface area contributed by atoms with Crippen molar-refractivity contribution in [3.05, 3.63) is 83.9 Å². The Labute approximate surface area is 221 Å². The molecule has 0 radical (unpaired) electrons. The molecule has 0 bridgehead atoms. The lowest BCUT2D eigenvalue weighted by molar-refractivity contribution is -0.274. The van der Waals surface area contributed by atoms with Crippen LogP contribution in [-0.4, -0.2) is 57.8 Å². The van der Waals surface area contributed by atoms with Crippen molar-refractivity contribution in [1.29, 1.82) is 0 Å². The van der Waals surface area contributed by atoms with Crippen LogP contribution in [0.3, 0.4) is 0 Å². The number of likely N-dealkylation sites (tertiary alicyclic amines) is 1. The number of nitrogens with zero attached hydrogens (tertiary/aromatic N) is 4. The molecule has 38 heavy (non-hydrogen) atoms. The van der Waals surface area contributed by atoms with Gasteiger partial charge in [0, 0.05) is 39.4 Å². The molecule has 2 aromatic carbocycles. The van der Waals surface area contributed by atoms with Gasteiger partial charge in [0.15, 0.2) is 0 Å². The number of halogens is 3. The highest BCUT2D eigenvalue weighted by Crippen LogP contribution is 2.52. The van der Waals surface area contributed by atoms with E-state index in [-0.39, 0.29) is 18.2 Å². The molecule has 1 saturated heterocycles. The summed E-state index contributed by atoms with van der Waals surface area (Å²) >= 11 is 0. The number of hydrogen-bond acceptors (Lipinski definition) is 4. The molecular weight excluding hydrogens is 493 g/mol. The van der Waals surface area contributed by atoms with Gasteiger partial charge in [0.1, 0.15) is 11.4 Å². The normalized spacial score (nSPS) is 21.7. The maximum absolute atomic E-state index is 13.4. The fraction of sp³-hybridized carbons (Fsp3) is 0.448. The fourth-order valence-electron chi connectivity index (χ4n) is 5.73. The number of rotatable bonds is 10. The summed E-state index contributed by atoms with van der Waals surface area (Å²) in [5.41, 5.74) is 2.28. The number of imidazole rings is 1. The largest absolute Gasteiger partial charge is 0.573 e. The van der Waals surface area contributed by atoms with Crippen molar-refractivity contribution in [1.82, 2.24) is 19.4 Å². The van der Waals surface area contributed by atoms with Crippen LogP contribution in [0.5, 0.6) is 5.75 Å². The molecular formula is C29H33F3N4O2. The highest BCUT2D eigenvalue weighted by atomic mass is 19.4. The number of amides is 1. The molecule has 1 aromatic heterocycles. The quantitative estimate of drug-likeness (QED) is 0.358. The number of alkyl halides is 3. The zero-order chi connectivity index (χ0) is 26.9. The van der Waals surface area contributed by atoms with E-state index in [2.05, 4.69) is 45.8 Å². The Balaban J connectivity index is 1.20. The first kappa shape index (κ1) is 26.3. The van der Waals surface area contributed by atoms with Crippen molar-refractivity contribution in [2.45, 2.75) is 32.2 Å². The van der Waals surface area contributed by atoms with Crippen LogP contribution < -0.4 is 4.74 Å². The second-order valence-corrected chi connectivity index (χ2v) is 10.7. The van der Waals surface area contributed by atoms with Gasteiger partial charge in [-0.15, -0.1) is 13.2 Å². The van der Waals surface area contributed by atoms with E-state index in [0.29, 0.717) is 41.5 Å². The third-order valence-corrected chi connectivity index (χ3v) is 7.84. The third kappa shape index (κ3) is 6.38. The average Bonchev–Trinajstić information content (AvgIpc) is 3.20. The highest BCUT2D eigenvalue weighted by molar-refractivity contribution is 5.92. The molecule has 1 saturated carbocycles. The summed E-state index contributed by atoms with van der Waals surface area (Å²) in [5.74, 6) is 1.48. The maximum atomic E-state index is 13.4. The van der Waals surface area contributed by atoms with E-state index in [1.165, 1.54) is 23.8 Å². The Morgan fingerprint density at radius 2 is 1.87 bits per heavy atom. The molecule has 6 nitrogen and oxygen atoms in total. The Morgan fingerprint density at radius 1 is 1.13 bits per heavy atom. The van der Waals surface area contributed by atoms with Crippen molar-refractivity contribution in [2.24, 2.45) is 24.8 Å². The minimum absolute atomic E-state index is 0.193. The van der Waals surface area contributed by atoms with Crippen LogP contribution in [0.2, 0.25) is 0 Å². The van der Waals surface area contributed by atoms with Crippen LogP contribution in [-0.2, 0) is 13.6 Å². The fourth-order valence-corrected chi connectivity index (χ4v) is 5.73. The lowest BCUT2D eigenvalue weighted by Gasteiger charge is -2.26. The molecule has 202 valence electrons. The number of hydrogen-bond donors (Lipinski definition) is 0. The van der Waals surface area contributed by atoms with E-state index in [0.717, 1.165) is 26.1 Å². The van der Waals surface area contributed by atoms with Gasteiger partial charge in [-0.3, -0.25) is 4.79 Å². The van der Waals surface area contributed by atoms with Crippen LogP contribution in [0.25, 0.3) is 0 Å². The zero-order valence-corrected chi connectivity index (χ0v) is 21.6. The molecule has 2 aliphatic rings. The molecule has 9 heteroatoms. The van der Waals surface area contributed by atoms with Crippen LogP contribution in [0.4, 0.5) is 13.2 Å². The predicted molar refractivity (Wildman–Crippen MR) is 137 cm³/mol. The molecule has 1 aliphatic carbocycles. The predicted octanol–water partition coefficient (Wildman–Crippen LogP) is 5.33. The van der Waals surface area contributed by atoms with Crippen molar-refractivity contribution >= 4 is 5.91 Å². The zero-order valence-electron chi connectivity index (χ0n) is 21.6. The van der Waals surface area contributed by atoms with E-state index in [1.807, 2.05) is 6.07 Å². The maximum Gasteiger partial charge on any atom is 0.573 e. The van der Waals surface area contributed by atoms with Gasteiger partial charge in [0.25, 0.3) is 5.91 Å². The molecule has 0 spiro atoms. The number of ether oxygens (including phenoxy) is 1. The summed E-state index contributed by atoms with van der Waals surface area (Å²) in [6.45, 7) is 6.12. The first-order valence-corrected chi connectivity index (χ1v) is 13.1. The SMILES string of the molecule is CC(CCN1CC2C(C1)C2CN(Cc1cccc(OC(F)(F)F)c1)C(=O)c1cn(C)cn1)c1ccccc1. The van der Waals surface area contributed by atoms with Crippen LogP contribution in [0.1, 0.15) is 40.9 Å². The Morgan fingerprint density at radius 3 is 2.53 bits per heavy atom. The summed E-state index contributed by atoms with van der Waals surface area (Å²) in [6.07, 6.45) is -0.418. The second kappa shape index (κ2) is 10.8. The molecule has 5 rings (SSSR count). The number of aryl methyl sites for hydroxylation is 1. The molecule has 1 aliphatic heterocycles.